The van der Waals surface area contributed by atoms with E-state index in [0.717, 1.165) is 29.4 Å². The molecule has 4 rings (SSSR count). The van der Waals surface area contributed by atoms with Crippen LogP contribution in [0.5, 0.6) is 0 Å². The van der Waals surface area contributed by atoms with E-state index in [9.17, 15) is 14.7 Å². The van der Waals surface area contributed by atoms with Crippen molar-refractivity contribution in [1.82, 2.24) is 4.90 Å². The summed E-state index contributed by atoms with van der Waals surface area (Å²) in [5.41, 5.74) is 2.46. The van der Waals surface area contributed by atoms with Crippen LogP contribution < -0.4 is 0 Å². The largest absolute Gasteiger partial charge is 0.503 e. The van der Waals surface area contributed by atoms with Gasteiger partial charge in [0.05, 0.1) is 11.6 Å². The number of carbonyl (C=O) groups excluding carboxylic acids is 2. The molecule has 3 aromatic rings. The van der Waals surface area contributed by atoms with E-state index in [2.05, 4.69) is 0 Å². The number of furan rings is 1. The number of fused-ring (bicyclic) bond motifs is 1. The Hall–Kier alpha value is -3.34. The number of Topliss-reactive ketones (excluding diaryl/α,β-unsaturated/α-hetero) is 1. The molecule has 0 fully saturated rings. The van der Waals surface area contributed by atoms with Gasteiger partial charge in [0.15, 0.2) is 11.5 Å². The molecular formula is C24H23NO4. The standard InChI is InChI=1S/C24H23NO4/c1-3-4-13-25-21(17-11-7-5-9-15(17)2)20(23(27)24(25)28)22(26)19-14-16-10-6-8-12-18(16)29-19/h5-12,14,21,27H,3-4,13H2,1-2H3. The van der Waals surface area contributed by atoms with E-state index < -0.39 is 23.5 Å². The maximum atomic E-state index is 13.4. The molecule has 1 amide bonds. The summed E-state index contributed by atoms with van der Waals surface area (Å²) in [5, 5.41) is 11.5. The predicted molar refractivity (Wildman–Crippen MR) is 111 cm³/mol. The van der Waals surface area contributed by atoms with Gasteiger partial charge in [0, 0.05) is 11.9 Å². The van der Waals surface area contributed by atoms with E-state index in [1.165, 1.54) is 0 Å². The summed E-state index contributed by atoms with van der Waals surface area (Å²) in [6, 6.07) is 16.0. The second-order valence-corrected chi connectivity index (χ2v) is 7.35. The normalized spacial score (nSPS) is 16.8. The molecule has 1 N–H and O–H groups in total. The zero-order valence-corrected chi connectivity index (χ0v) is 16.5. The Morgan fingerprint density at radius 3 is 2.59 bits per heavy atom. The molecule has 2 aromatic carbocycles. The summed E-state index contributed by atoms with van der Waals surface area (Å²) in [4.78, 5) is 27.9. The molecule has 1 aromatic heterocycles. The summed E-state index contributed by atoms with van der Waals surface area (Å²) in [7, 11) is 0. The van der Waals surface area contributed by atoms with Crippen molar-refractivity contribution in [2.24, 2.45) is 0 Å². The van der Waals surface area contributed by atoms with E-state index in [-0.39, 0.29) is 11.3 Å². The van der Waals surface area contributed by atoms with Crippen molar-refractivity contribution in [3.05, 3.63) is 82.8 Å². The van der Waals surface area contributed by atoms with Gasteiger partial charge in [0.2, 0.25) is 5.78 Å². The smallest absolute Gasteiger partial charge is 0.290 e. The van der Waals surface area contributed by atoms with E-state index in [4.69, 9.17) is 4.42 Å². The molecule has 1 aliphatic heterocycles. The first-order valence-electron chi connectivity index (χ1n) is 9.85. The van der Waals surface area contributed by atoms with E-state index >= 15 is 0 Å². The third-order valence-electron chi connectivity index (χ3n) is 5.43. The zero-order valence-electron chi connectivity index (χ0n) is 16.5. The number of amides is 1. The molecule has 0 aliphatic carbocycles. The minimum Gasteiger partial charge on any atom is -0.503 e. The maximum Gasteiger partial charge on any atom is 0.290 e. The number of aliphatic hydroxyl groups excluding tert-OH is 1. The lowest BCUT2D eigenvalue weighted by molar-refractivity contribution is -0.129. The molecule has 0 spiro atoms. The summed E-state index contributed by atoms with van der Waals surface area (Å²) in [5.74, 6) is -1.33. The monoisotopic (exact) mass is 389 g/mol. The van der Waals surface area contributed by atoms with Gasteiger partial charge in [0.25, 0.3) is 5.91 Å². The van der Waals surface area contributed by atoms with Crippen LogP contribution in [0.1, 0.15) is 47.5 Å². The molecule has 5 heteroatoms. The molecule has 1 unspecified atom stereocenters. The van der Waals surface area contributed by atoms with Crippen LogP contribution >= 0.6 is 0 Å². The highest BCUT2D eigenvalue weighted by Crippen LogP contribution is 2.40. The Balaban J connectivity index is 1.82. The van der Waals surface area contributed by atoms with Gasteiger partial charge < -0.3 is 14.4 Å². The van der Waals surface area contributed by atoms with Crippen LogP contribution in [0.3, 0.4) is 0 Å². The number of aliphatic hydroxyl groups is 1. The third kappa shape index (κ3) is 3.23. The van der Waals surface area contributed by atoms with Crippen molar-refractivity contribution in [2.75, 3.05) is 6.54 Å². The Labute approximate surface area is 169 Å². The molecule has 1 aliphatic rings. The number of hydrogen-bond acceptors (Lipinski definition) is 4. The van der Waals surface area contributed by atoms with Crippen molar-refractivity contribution in [1.29, 1.82) is 0 Å². The van der Waals surface area contributed by atoms with Crippen LogP contribution in [0.4, 0.5) is 0 Å². The first-order chi connectivity index (χ1) is 14.0. The highest BCUT2D eigenvalue weighted by atomic mass is 16.3. The minimum atomic E-state index is -0.629. The Bertz CT molecular complexity index is 1090. The predicted octanol–water partition coefficient (Wildman–Crippen LogP) is 5.12. The van der Waals surface area contributed by atoms with Gasteiger partial charge in [-0.1, -0.05) is 55.8 Å². The molecule has 148 valence electrons. The number of unbranched alkanes of at least 4 members (excludes halogenated alkanes) is 1. The molecule has 2 heterocycles. The lowest BCUT2D eigenvalue weighted by atomic mass is 9.92. The summed E-state index contributed by atoms with van der Waals surface area (Å²) < 4.78 is 5.73. The van der Waals surface area contributed by atoms with Crippen LogP contribution in [-0.4, -0.2) is 28.2 Å². The molecule has 29 heavy (non-hydrogen) atoms. The second-order valence-electron chi connectivity index (χ2n) is 7.35. The number of benzene rings is 2. The van der Waals surface area contributed by atoms with Gasteiger partial charge in [-0.25, -0.2) is 0 Å². The van der Waals surface area contributed by atoms with Crippen LogP contribution in [0.2, 0.25) is 0 Å². The molecule has 0 saturated carbocycles. The van der Waals surface area contributed by atoms with Crippen LogP contribution in [0.25, 0.3) is 11.0 Å². The summed E-state index contributed by atoms with van der Waals surface area (Å²) in [6.07, 6.45) is 1.69. The molecule has 0 bridgehead atoms. The fourth-order valence-corrected chi connectivity index (χ4v) is 3.89. The number of rotatable bonds is 6. The Morgan fingerprint density at radius 2 is 1.86 bits per heavy atom. The SMILES string of the molecule is CCCCN1C(=O)C(O)=C(C(=O)c2cc3ccccc3o2)C1c1ccccc1C. The Morgan fingerprint density at radius 1 is 1.14 bits per heavy atom. The van der Waals surface area contributed by atoms with Gasteiger partial charge in [-0.15, -0.1) is 0 Å². The summed E-state index contributed by atoms with van der Waals surface area (Å²) >= 11 is 0. The van der Waals surface area contributed by atoms with Crippen molar-refractivity contribution in [3.8, 4) is 0 Å². The number of ketones is 1. The number of nitrogens with zero attached hydrogens (tertiary/aromatic N) is 1. The van der Waals surface area contributed by atoms with E-state index in [1.807, 2.05) is 56.3 Å². The minimum absolute atomic E-state index is 0.0828. The number of para-hydroxylation sites is 1. The number of hydrogen-bond donors (Lipinski definition) is 1. The molecule has 5 nitrogen and oxygen atoms in total. The highest BCUT2D eigenvalue weighted by molar-refractivity contribution is 6.16. The van der Waals surface area contributed by atoms with E-state index in [1.54, 1.807) is 17.0 Å². The van der Waals surface area contributed by atoms with Crippen LogP contribution in [-0.2, 0) is 4.79 Å². The van der Waals surface area contributed by atoms with Gasteiger partial charge >= 0.3 is 0 Å². The van der Waals surface area contributed by atoms with Gasteiger partial charge in [-0.05, 0) is 36.6 Å². The Kier molecular flexibility index (Phi) is 4.97. The lowest BCUT2D eigenvalue weighted by Gasteiger charge is -2.27. The molecular weight excluding hydrogens is 366 g/mol. The average molecular weight is 389 g/mol. The fraction of sp³-hybridized carbons (Fsp3) is 0.250. The first-order valence-corrected chi connectivity index (χ1v) is 9.85. The topological polar surface area (TPSA) is 70.8 Å². The van der Waals surface area contributed by atoms with Crippen molar-refractivity contribution < 1.29 is 19.1 Å². The van der Waals surface area contributed by atoms with Crippen LogP contribution in [0, 0.1) is 6.92 Å². The fourth-order valence-electron chi connectivity index (χ4n) is 3.89. The van der Waals surface area contributed by atoms with Gasteiger partial charge in [-0.3, -0.25) is 9.59 Å². The zero-order chi connectivity index (χ0) is 20.5. The number of carbonyl (C=O) groups is 2. The highest BCUT2D eigenvalue weighted by Gasteiger charge is 2.44. The average Bonchev–Trinajstić information content (AvgIpc) is 3.26. The maximum absolute atomic E-state index is 13.4. The van der Waals surface area contributed by atoms with Crippen LogP contribution in [0.15, 0.2) is 70.3 Å². The molecule has 0 radical (unpaired) electrons. The van der Waals surface area contributed by atoms with Gasteiger partial charge in [-0.2, -0.15) is 0 Å². The van der Waals surface area contributed by atoms with Crippen molar-refractivity contribution in [3.63, 3.8) is 0 Å². The number of aryl methyl sites for hydroxylation is 1. The quantitative estimate of drug-likeness (QED) is 0.594. The third-order valence-corrected chi connectivity index (χ3v) is 5.43. The lowest BCUT2D eigenvalue weighted by Crippen LogP contribution is -2.32. The first kappa shape index (κ1) is 19.0. The van der Waals surface area contributed by atoms with Gasteiger partial charge in [0.1, 0.15) is 5.58 Å². The van der Waals surface area contributed by atoms with Crippen molar-refractivity contribution >= 4 is 22.7 Å². The van der Waals surface area contributed by atoms with E-state index in [0.29, 0.717) is 12.1 Å². The molecule has 1 atom stereocenters. The summed E-state index contributed by atoms with van der Waals surface area (Å²) in [6.45, 7) is 4.45. The molecule has 0 saturated heterocycles. The second kappa shape index (κ2) is 7.59. The van der Waals surface area contributed by atoms with Crippen molar-refractivity contribution in [2.45, 2.75) is 32.7 Å².